The Bertz CT molecular complexity index is 1040. The number of benzene rings is 2. The van der Waals surface area contributed by atoms with E-state index in [2.05, 4.69) is 54.6 Å². The van der Waals surface area contributed by atoms with E-state index in [1.165, 1.54) is 17.5 Å². The molecule has 3 aromatic rings. The van der Waals surface area contributed by atoms with Crippen molar-refractivity contribution in [3.63, 3.8) is 0 Å². The van der Waals surface area contributed by atoms with Crippen LogP contribution in [0.3, 0.4) is 0 Å². The van der Waals surface area contributed by atoms with E-state index < -0.39 is 0 Å². The van der Waals surface area contributed by atoms with Crippen LogP contribution in [0.5, 0.6) is 5.75 Å². The number of fused-ring (bicyclic) bond motifs is 1. The van der Waals surface area contributed by atoms with E-state index in [4.69, 9.17) is 4.74 Å². The van der Waals surface area contributed by atoms with Crippen molar-refractivity contribution < 1.29 is 9.53 Å². The average molecular weight is 426 g/mol. The Labute approximate surface area is 183 Å². The van der Waals surface area contributed by atoms with Crippen molar-refractivity contribution in [3.05, 3.63) is 53.3 Å². The Kier molecular flexibility index (Phi) is 7.08. The third-order valence-corrected chi connectivity index (χ3v) is 6.21. The summed E-state index contributed by atoms with van der Waals surface area (Å²) in [5.41, 5.74) is 3.33. The molecule has 0 spiro atoms. The molecule has 0 aliphatic heterocycles. The molecule has 5 nitrogen and oxygen atoms in total. The van der Waals surface area contributed by atoms with Crippen molar-refractivity contribution >= 4 is 28.4 Å². The van der Waals surface area contributed by atoms with Gasteiger partial charge in [-0.25, -0.2) is 4.98 Å². The van der Waals surface area contributed by atoms with Gasteiger partial charge in [-0.2, -0.15) is 0 Å². The van der Waals surface area contributed by atoms with Gasteiger partial charge in [-0.1, -0.05) is 43.8 Å². The quantitative estimate of drug-likeness (QED) is 0.473. The van der Waals surface area contributed by atoms with Gasteiger partial charge in [0.1, 0.15) is 5.75 Å². The molecular weight excluding hydrogens is 394 g/mol. The van der Waals surface area contributed by atoms with Crippen LogP contribution >= 0.6 is 11.8 Å². The minimum Gasteiger partial charge on any atom is -0.497 e. The number of amides is 1. The summed E-state index contributed by atoms with van der Waals surface area (Å²) >= 11 is 1.52. The van der Waals surface area contributed by atoms with Crippen LogP contribution in [0.1, 0.15) is 30.8 Å². The summed E-state index contributed by atoms with van der Waals surface area (Å²) in [6.45, 7) is 10.0. The van der Waals surface area contributed by atoms with Gasteiger partial charge in [0.2, 0.25) is 5.91 Å². The number of aryl methyl sites for hydroxylation is 1. The lowest BCUT2D eigenvalue weighted by Crippen LogP contribution is -2.28. The fraction of sp³-hybridized carbons (Fsp3) is 0.417. The van der Waals surface area contributed by atoms with Crippen molar-refractivity contribution in [2.24, 2.45) is 5.92 Å². The van der Waals surface area contributed by atoms with Crippen LogP contribution in [0, 0.1) is 19.8 Å². The van der Waals surface area contributed by atoms with Gasteiger partial charge in [0, 0.05) is 25.8 Å². The molecule has 1 heterocycles. The van der Waals surface area contributed by atoms with Crippen molar-refractivity contribution in [2.75, 3.05) is 19.9 Å². The molecule has 1 aromatic heterocycles. The zero-order valence-corrected chi connectivity index (χ0v) is 19.5. The molecule has 0 saturated heterocycles. The van der Waals surface area contributed by atoms with E-state index in [1.807, 2.05) is 26.1 Å². The molecule has 0 unspecified atom stereocenters. The number of hydrogen-bond donors (Lipinski definition) is 0. The molecule has 0 radical (unpaired) electrons. The predicted molar refractivity (Wildman–Crippen MR) is 124 cm³/mol. The van der Waals surface area contributed by atoms with E-state index in [-0.39, 0.29) is 5.91 Å². The fourth-order valence-electron chi connectivity index (χ4n) is 3.41. The van der Waals surface area contributed by atoms with E-state index in [0.717, 1.165) is 39.5 Å². The molecule has 6 heteroatoms. The smallest absolute Gasteiger partial charge is 0.233 e. The Morgan fingerprint density at radius 3 is 2.57 bits per heavy atom. The summed E-state index contributed by atoms with van der Waals surface area (Å²) in [4.78, 5) is 19.2. The Balaban J connectivity index is 1.64. The Morgan fingerprint density at radius 2 is 1.87 bits per heavy atom. The van der Waals surface area contributed by atoms with E-state index in [9.17, 15) is 4.79 Å². The van der Waals surface area contributed by atoms with Gasteiger partial charge in [0.25, 0.3) is 0 Å². The topological polar surface area (TPSA) is 47.4 Å². The number of carbonyl (C=O) groups excluding carboxylic acids is 1. The highest BCUT2D eigenvalue weighted by Crippen LogP contribution is 2.24. The molecule has 0 fully saturated rings. The lowest BCUT2D eigenvalue weighted by molar-refractivity contribution is -0.127. The molecule has 0 bridgehead atoms. The van der Waals surface area contributed by atoms with E-state index >= 15 is 0 Å². The number of hydrogen-bond acceptors (Lipinski definition) is 4. The highest BCUT2D eigenvalue weighted by atomic mass is 32.2. The summed E-state index contributed by atoms with van der Waals surface area (Å²) < 4.78 is 7.52. The summed E-state index contributed by atoms with van der Waals surface area (Å²) in [5.74, 6) is 1.86. The van der Waals surface area contributed by atoms with Crippen molar-refractivity contribution in [1.82, 2.24) is 14.5 Å². The van der Waals surface area contributed by atoms with Crippen LogP contribution in [-0.2, 0) is 17.9 Å². The van der Waals surface area contributed by atoms with Crippen LogP contribution in [-0.4, -0.2) is 40.3 Å². The number of nitrogens with zero attached hydrogens (tertiary/aromatic N) is 3. The SMILES string of the molecule is COc1ccc2cc(CN(C)C(=O)CSc3nc(C)c(C)n3CC(C)C)ccc2c1. The zero-order chi connectivity index (χ0) is 21.8. The molecule has 2 aromatic carbocycles. The standard InChI is InChI=1S/C24H31N3O2S/c1-16(2)13-27-18(4)17(3)25-24(27)30-15-23(28)26(5)14-19-7-8-21-12-22(29-6)10-9-20(21)11-19/h7-12,16H,13-15H2,1-6H3. The summed E-state index contributed by atoms with van der Waals surface area (Å²) in [7, 11) is 3.53. The van der Waals surface area contributed by atoms with E-state index in [1.54, 1.807) is 12.0 Å². The van der Waals surface area contributed by atoms with Gasteiger partial charge < -0.3 is 14.2 Å². The maximum atomic E-state index is 12.7. The monoisotopic (exact) mass is 425 g/mol. The van der Waals surface area contributed by atoms with Crippen molar-refractivity contribution in [1.29, 1.82) is 0 Å². The second-order valence-electron chi connectivity index (χ2n) is 8.16. The summed E-state index contributed by atoms with van der Waals surface area (Å²) in [6.07, 6.45) is 0. The molecule has 30 heavy (non-hydrogen) atoms. The molecule has 0 aliphatic carbocycles. The largest absolute Gasteiger partial charge is 0.497 e. The van der Waals surface area contributed by atoms with Crippen LogP contribution in [0.4, 0.5) is 0 Å². The molecule has 0 saturated carbocycles. The first-order valence-corrected chi connectivity index (χ1v) is 11.2. The van der Waals surface area contributed by atoms with Gasteiger partial charge in [0.05, 0.1) is 18.6 Å². The number of carbonyl (C=O) groups is 1. The minimum atomic E-state index is 0.101. The van der Waals surface area contributed by atoms with Gasteiger partial charge in [-0.3, -0.25) is 4.79 Å². The molecule has 0 atom stereocenters. The first-order chi connectivity index (χ1) is 14.3. The number of thioether (sulfide) groups is 1. The molecule has 0 aliphatic rings. The van der Waals surface area contributed by atoms with Gasteiger partial charge in [-0.05, 0) is 54.3 Å². The Hall–Kier alpha value is -2.47. The maximum absolute atomic E-state index is 12.7. The van der Waals surface area contributed by atoms with Crippen LogP contribution in [0.2, 0.25) is 0 Å². The summed E-state index contributed by atoms with van der Waals surface area (Å²) in [6, 6.07) is 12.3. The number of ether oxygens (including phenoxy) is 1. The molecule has 3 rings (SSSR count). The fourth-order valence-corrected chi connectivity index (χ4v) is 4.45. The second-order valence-corrected chi connectivity index (χ2v) is 9.10. The predicted octanol–water partition coefficient (Wildman–Crippen LogP) is 5.07. The van der Waals surface area contributed by atoms with E-state index in [0.29, 0.717) is 18.2 Å². The molecular formula is C24H31N3O2S. The number of imidazole rings is 1. The summed E-state index contributed by atoms with van der Waals surface area (Å²) in [5, 5.41) is 3.20. The van der Waals surface area contributed by atoms with Crippen LogP contribution in [0.25, 0.3) is 10.8 Å². The first kappa shape index (κ1) is 22.2. The number of rotatable bonds is 8. The van der Waals surface area contributed by atoms with Gasteiger partial charge in [0.15, 0.2) is 5.16 Å². The normalized spacial score (nSPS) is 11.3. The highest BCUT2D eigenvalue weighted by molar-refractivity contribution is 7.99. The third kappa shape index (κ3) is 5.17. The molecule has 1 amide bonds. The third-order valence-electron chi connectivity index (χ3n) is 5.25. The Morgan fingerprint density at radius 1 is 1.17 bits per heavy atom. The highest BCUT2D eigenvalue weighted by Gasteiger charge is 2.16. The van der Waals surface area contributed by atoms with Gasteiger partial charge >= 0.3 is 0 Å². The maximum Gasteiger partial charge on any atom is 0.233 e. The van der Waals surface area contributed by atoms with Gasteiger partial charge in [-0.15, -0.1) is 0 Å². The van der Waals surface area contributed by atoms with Crippen molar-refractivity contribution in [2.45, 2.75) is 45.9 Å². The number of aromatic nitrogens is 2. The van der Waals surface area contributed by atoms with Crippen LogP contribution in [0.15, 0.2) is 41.6 Å². The number of methoxy groups -OCH3 is 1. The first-order valence-electron chi connectivity index (χ1n) is 10.3. The average Bonchev–Trinajstić information content (AvgIpc) is 2.98. The lowest BCUT2D eigenvalue weighted by atomic mass is 10.1. The molecule has 0 N–H and O–H groups in total. The second kappa shape index (κ2) is 9.56. The van der Waals surface area contributed by atoms with Crippen molar-refractivity contribution in [3.8, 4) is 5.75 Å². The lowest BCUT2D eigenvalue weighted by Gasteiger charge is -2.18. The molecule has 160 valence electrons. The zero-order valence-electron chi connectivity index (χ0n) is 18.7. The van der Waals surface area contributed by atoms with Crippen LogP contribution < -0.4 is 4.74 Å². The minimum absolute atomic E-state index is 0.101.